The first-order chi connectivity index (χ1) is 15.0. The van der Waals surface area contributed by atoms with Crippen molar-refractivity contribution >= 4 is 44.1 Å². The molecule has 0 bridgehead atoms. The number of hydrogen-bond acceptors (Lipinski definition) is 7. The van der Waals surface area contributed by atoms with Crippen molar-refractivity contribution < 1.29 is 19.1 Å². The minimum absolute atomic E-state index is 0.126. The molecule has 7 nitrogen and oxygen atoms in total. The van der Waals surface area contributed by atoms with E-state index in [0.29, 0.717) is 26.2 Å². The number of hydrogen-bond donors (Lipinski definition) is 0. The Hall–Kier alpha value is -3.36. The lowest BCUT2D eigenvalue weighted by Crippen LogP contribution is -2.24. The van der Waals surface area contributed by atoms with Crippen LogP contribution >= 0.6 is 11.3 Å². The van der Waals surface area contributed by atoms with Crippen LogP contribution in [0.5, 0.6) is 0 Å². The molecule has 0 spiro atoms. The van der Waals surface area contributed by atoms with Crippen LogP contribution in [0.15, 0.2) is 53.6 Å². The van der Waals surface area contributed by atoms with Crippen LogP contribution in [0.3, 0.4) is 0 Å². The molecule has 158 valence electrons. The standard InChI is InChI=1S/C23H20N2O5S/c1-14-19-21(31-20(14)23(28)30-10-9-29-2)24-13-25(22(19)27)12-18(26)17-8-7-15-5-3-4-6-16(15)11-17/h3-8,11,13H,9-10,12H2,1-2H3. The van der Waals surface area contributed by atoms with Gasteiger partial charge >= 0.3 is 5.97 Å². The van der Waals surface area contributed by atoms with Crippen LogP contribution in [0, 0.1) is 6.92 Å². The number of ketones is 1. The minimum atomic E-state index is -0.518. The number of rotatable bonds is 7. The van der Waals surface area contributed by atoms with E-state index in [2.05, 4.69) is 4.98 Å². The maximum Gasteiger partial charge on any atom is 0.348 e. The lowest BCUT2D eigenvalue weighted by Gasteiger charge is -2.06. The quantitative estimate of drug-likeness (QED) is 0.250. The van der Waals surface area contributed by atoms with Gasteiger partial charge in [-0.15, -0.1) is 11.3 Å². The molecule has 0 saturated heterocycles. The molecule has 0 saturated carbocycles. The van der Waals surface area contributed by atoms with Gasteiger partial charge < -0.3 is 9.47 Å². The Morgan fingerprint density at radius 1 is 1.10 bits per heavy atom. The summed E-state index contributed by atoms with van der Waals surface area (Å²) in [4.78, 5) is 43.2. The highest BCUT2D eigenvalue weighted by atomic mass is 32.1. The molecule has 0 aliphatic carbocycles. The molecule has 0 radical (unpaired) electrons. The molecule has 2 aromatic carbocycles. The van der Waals surface area contributed by atoms with Crippen LogP contribution < -0.4 is 5.56 Å². The number of nitrogens with zero attached hydrogens (tertiary/aromatic N) is 2. The Kier molecular flexibility index (Phi) is 5.92. The second kappa shape index (κ2) is 8.79. The van der Waals surface area contributed by atoms with Crippen molar-refractivity contribution in [2.24, 2.45) is 0 Å². The third-order valence-electron chi connectivity index (χ3n) is 5.01. The zero-order valence-corrected chi connectivity index (χ0v) is 17.9. The van der Waals surface area contributed by atoms with E-state index in [-0.39, 0.29) is 31.1 Å². The highest BCUT2D eigenvalue weighted by Crippen LogP contribution is 2.27. The number of thiophene rings is 1. The lowest BCUT2D eigenvalue weighted by atomic mass is 10.0. The summed E-state index contributed by atoms with van der Waals surface area (Å²) in [5.74, 6) is -0.711. The van der Waals surface area contributed by atoms with Gasteiger partial charge in [0.05, 0.1) is 24.9 Å². The van der Waals surface area contributed by atoms with Crippen LogP contribution in [-0.4, -0.2) is 41.6 Å². The van der Waals surface area contributed by atoms with Crippen LogP contribution in [-0.2, 0) is 16.0 Å². The van der Waals surface area contributed by atoms with Gasteiger partial charge in [0.15, 0.2) is 5.78 Å². The summed E-state index contributed by atoms with van der Waals surface area (Å²) in [6.45, 7) is 1.96. The molecule has 2 heterocycles. The van der Waals surface area contributed by atoms with Crippen molar-refractivity contribution in [3.63, 3.8) is 0 Å². The first-order valence-corrected chi connectivity index (χ1v) is 10.5. The van der Waals surface area contributed by atoms with Crippen molar-refractivity contribution in [1.82, 2.24) is 9.55 Å². The predicted octanol–water partition coefficient (Wildman–Crippen LogP) is 3.61. The number of aromatic nitrogens is 2. The van der Waals surface area contributed by atoms with Gasteiger partial charge in [0.1, 0.15) is 16.3 Å². The molecule has 0 fully saturated rings. The molecule has 0 amide bonds. The fourth-order valence-electron chi connectivity index (χ4n) is 3.36. The maximum atomic E-state index is 13.0. The smallest absolute Gasteiger partial charge is 0.348 e. The van der Waals surface area contributed by atoms with Crippen LogP contribution in [0.4, 0.5) is 0 Å². The highest BCUT2D eigenvalue weighted by Gasteiger charge is 2.21. The van der Waals surface area contributed by atoms with Crippen LogP contribution in [0.25, 0.3) is 21.0 Å². The Morgan fingerprint density at radius 3 is 2.65 bits per heavy atom. The fourth-order valence-corrected chi connectivity index (χ4v) is 4.39. The van der Waals surface area contributed by atoms with E-state index >= 15 is 0 Å². The lowest BCUT2D eigenvalue weighted by molar-refractivity contribution is 0.0393. The summed E-state index contributed by atoms with van der Waals surface area (Å²) in [7, 11) is 1.52. The number of esters is 1. The zero-order chi connectivity index (χ0) is 22.0. The maximum absolute atomic E-state index is 13.0. The Labute approximate surface area is 181 Å². The zero-order valence-electron chi connectivity index (χ0n) is 17.1. The van der Waals surface area contributed by atoms with Crippen LogP contribution in [0.1, 0.15) is 25.6 Å². The van der Waals surface area contributed by atoms with Crippen molar-refractivity contribution in [2.75, 3.05) is 20.3 Å². The summed E-state index contributed by atoms with van der Waals surface area (Å²) < 4.78 is 11.3. The van der Waals surface area contributed by atoms with E-state index in [1.54, 1.807) is 13.0 Å². The number of aryl methyl sites for hydroxylation is 1. The fraction of sp³-hybridized carbons (Fsp3) is 0.217. The summed E-state index contributed by atoms with van der Waals surface area (Å²) in [6.07, 6.45) is 1.35. The average Bonchev–Trinajstić information content (AvgIpc) is 3.12. The first-order valence-electron chi connectivity index (χ1n) is 9.66. The number of carbonyl (C=O) groups is 2. The van der Waals surface area contributed by atoms with Gasteiger partial charge in [0.2, 0.25) is 0 Å². The molecule has 8 heteroatoms. The molecule has 0 unspecified atom stereocenters. The molecule has 0 aliphatic rings. The third-order valence-corrected chi connectivity index (χ3v) is 6.19. The van der Waals surface area contributed by atoms with E-state index in [0.717, 1.165) is 22.1 Å². The van der Waals surface area contributed by atoms with E-state index in [1.807, 2.05) is 36.4 Å². The molecular weight excluding hydrogens is 416 g/mol. The Balaban J connectivity index is 1.62. The van der Waals surface area contributed by atoms with Gasteiger partial charge in [-0.2, -0.15) is 0 Å². The third kappa shape index (κ3) is 4.12. The van der Waals surface area contributed by atoms with E-state index in [1.165, 1.54) is 18.0 Å². The molecule has 4 rings (SSSR count). The minimum Gasteiger partial charge on any atom is -0.459 e. The second-order valence-electron chi connectivity index (χ2n) is 7.03. The molecule has 0 aliphatic heterocycles. The average molecular weight is 436 g/mol. The van der Waals surface area contributed by atoms with Crippen molar-refractivity contribution in [3.05, 3.63) is 75.1 Å². The molecule has 0 N–H and O–H groups in total. The van der Waals surface area contributed by atoms with Gasteiger partial charge in [-0.05, 0) is 29.3 Å². The summed E-state index contributed by atoms with van der Waals surface area (Å²) in [5.41, 5.74) is 0.673. The van der Waals surface area contributed by atoms with E-state index < -0.39 is 5.97 Å². The van der Waals surface area contributed by atoms with E-state index in [9.17, 15) is 14.4 Å². The topological polar surface area (TPSA) is 87.5 Å². The number of Topliss-reactive ketones (excluding diaryl/α,β-unsaturated/α-hetero) is 1. The normalized spacial score (nSPS) is 11.2. The van der Waals surface area contributed by atoms with Crippen LogP contribution in [0.2, 0.25) is 0 Å². The molecule has 31 heavy (non-hydrogen) atoms. The Morgan fingerprint density at radius 2 is 1.87 bits per heavy atom. The van der Waals surface area contributed by atoms with E-state index in [4.69, 9.17) is 9.47 Å². The summed E-state index contributed by atoms with van der Waals surface area (Å²) in [6, 6.07) is 13.2. The van der Waals surface area contributed by atoms with Crippen molar-refractivity contribution in [2.45, 2.75) is 13.5 Å². The molecule has 2 aromatic heterocycles. The molecule has 4 aromatic rings. The van der Waals surface area contributed by atoms with Gasteiger partial charge in [-0.1, -0.05) is 36.4 Å². The second-order valence-corrected chi connectivity index (χ2v) is 8.03. The predicted molar refractivity (Wildman–Crippen MR) is 119 cm³/mol. The Bertz CT molecular complexity index is 1360. The summed E-state index contributed by atoms with van der Waals surface area (Å²) in [5, 5.41) is 2.33. The van der Waals surface area contributed by atoms with Crippen molar-refractivity contribution in [3.8, 4) is 0 Å². The largest absolute Gasteiger partial charge is 0.459 e. The highest BCUT2D eigenvalue weighted by molar-refractivity contribution is 7.20. The number of methoxy groups -OCH3 is 1. The molecular formula is C23H20N2O5S. The van der Waals surface area contributed by atoms with Gasteiger partial charge in [0.25, 0.3) is 5.56 Å². The number of carbonyl (C=O) groups excluding carboxylic acids is 2. The summed E-state index contributed by atoms with van der Waals surface area (Å²) >= 11 is 1.10. The number of ether oxygens (including phenoxy) is 2. The van der Waals surface area contributed by atoms with Crippen molar-refractivity contribution in [1.29, 1.82) is 0 Å². The molecule has 0 atom stereocenters. The number of benzene rings is 2. The van der Waals surface area contributed by atoms with Gasteiger partial charge in [-0.3, -0.25) is 14.2 Å². The van der Waals surface area contributed by atoms with Gasteiger partial charge in [-0.25, -0.2) is 9.78 Å². The monoisotopic (exact) mass is 436 g/mol. The number of fused-ring (bicyclic) bond motifs is 2. The van der Waals surface area contributed by atoms with Gasteiger partial charge in [0, 0.05) is 12.7 Å². The SMILES string of the molecule is COCCOC(=O)c1sc2ncn(CC(=O)c3ccc4ccccc4c3)c(=O)c2c1C. The first kappa shape index (κ1) is 20.9.